The summed E-state index contributed by atoms with van der Waals surface area (Å²) in [6, 6.07) is 0. The molecule has 0 unspecified atom stereocenters. The van der Waals surface area contributed by atoms with Crippen molar-refractivity contribution in [3.05, 3.63) is 0 Å². The van der Waals surface area contributed by atoms with Gasteiger partial charge in [0.25, 0.3) is 0 Å². The molecule has 0 rings (SSSR count). The maximum atomic E-state index is 8.40. The Morgan fingerprint density at radius 3 is 0.368 bits per heavy atom. The van der Waals surface area contributed by atoms with Crippen LogP contribution >= 0.6 is 0 Å². The molecule has 0 saturated heterocycles. The molecule has 0 atom stereocenters. The molecule has 0 aromatic rings. The second-order valence-electron chi connectivity index (χ2n) is 0.333. The Hall–Kier alpha value is 1.41. The van der Waals surface area contributed by atoms with Crippen LogP contribution in [0.15, 0.2) is 0 Å². The molecule has 0 saturated carbocycles. The van der Waals surface area contributed by atoms with E-state index >= 15 is 0 Å². The van der Waals surface area contributed by atoms with Crippen LogP contribution in [0.2, 0.25) is 0 Å². The second-order valence-corrected chi connectivity index (χ2v) is 1.00. The van der Waals surface area contributed by atoms with Gasteiger partial charge in [-0.15, -0.1) is 0 Å². The molecule has 0 amide bonds. The zero-order chi connectivity index (χ0) is 10.8. The summed E-state index contributed by atoms with van der Waals surface area (Å²) in [5.41, 5.74) is 0. The van der Waals surface area contributed by atoms with Gasteiger partial charge in [0.2, 0.25) is 0 Å². The Kier molecular flexibility index (Phi) is 1030. The summed E-state index contributed by atoms with van der Waals surface area (Å²) in [7, 11) is -5.67. The van der Waals surface area contributed by atoms with Crippen LogP contribution in [0.5, 0.6) is 0 Å². The van der Waals surface area contributed by atoms with Crippen LogP contribution in [0.25, 0.3) is 0 Å². The molecule has 0 aliphatic heterocycles. The van der Waals surface area contributed by atoms with Gasteiger partial charge in [-0.05, 0) is 0 Å². The molecule has 0 spiro atoms. The Bertz CT molecular complexity index is 177. The molecule has 108 valence electrons. The van der Waals surface area contributed by atoms with Crippen molar-refractivity contribution in [3.8, 4) is 0 Å². The van der Waals surface area contributed by atoms with Crippen molar-refractivity contribution in [2.75, 3.05) is 0 Å². The maximum Gasteiger partial charge on any atom is 2.00 e. The van der Waals surface area contributed by atoms with Crippen LogP contribution in [-0.4, -0.2) is 128 Å². The van der Waals surface area contributed by atoms with E-state index in [0.717, 1.165) is 0 Å². The first-order valence-corrected chi connectivity index (χ1v) is 4.90. The summed E-state index contributed by atoms with van der Waals surface area (Å²) in [5.74, 6) is 0. The van der Waals surface area contributed by atoms with Gasteiger partial charge in [0.1, 0.15) is 0 Å². The molecule has 0 aromatic carbocycles. The van der Waals surface area contributed by atoms with E-state index in [0.29, 0.717) is 0 Å². The van der Waals surface area contributed by atoms with Gasteiger partial charge in [-0.2, -0.15) is 0 Å². The van der Waals surface area contributed by atoms with Gasteiger partial charge in [-0.3, -0.25) is 35.7 Å². The summed E-state index contributed by atoms with van der Waals surface area (Å²) in [6.45, 7) is 0. The SMILES string of the molecule is O.O.O.O.O=[Si]=O.O=[Si]=O.O=[Si]=O.O=[Si]=O.[H-].[H-].[H-].[H-].[H-].[H-].[Mg+2].[Mg+2].[Mg+2]. The van der Waals surface area contributed by atoms with Crippen LogP contribution in [0.3, 0.4) is 0 Å². The molecule has 19 heavy (non-hydrogen) atoms. The molecule has 12 nitrogen and oxygen atoms in total. The second kappa shape index (κ2) is 225. The average molecular weight is 391 g/mol. The fourth-order valence-corrected chi connectivity index (χ4v) is 0. The summed E-state index contributed by atoms with van der Waals surface area (Å²) in [5, 5.41) is 0. The van der Waals surface area contributed by atoms with E-state index in [4.69, 9.17) is 35.7 Å². The van der Waals surface area contributed by atoms with E-state index in [2.05, 4.69) is 0 Å². The first-order chi connectivity index (χ1) is 5.66. The molecule has 0 aliphatic rings. The Labute approximate surface area is 171 Å². The first-order valence-electron chi connectivity index (χ1n) is 1.63. The fourth-order valence-electron chi connectivity index (χ4n) is 0. The van der Waals surface area contributed by atoms with Crippen molar-refractivity contribution in [3.63, 3.8) is 0 Å². The third-order valence-corrected chi connectivity index (χ3v) is 0. The molecule has 19 heteroatoms. The van der Waals surface area contributed by atoms with Gasteiger partial charge >= 0.3 is 106 Å². The molecule has 0 bridgehead atoms. The molecule has 0 aliphatic carbocycles. The summed E-state index contributed by atoms with van der Waals surface area (Å²) in [6.07, 6.45) is 0. The van der Waals surface area contributed by atoms with Crippen LogP contribution in [0, 0.1) is 0 Å². The fraction of sp³-hybridized carbons (Fsp3) is 0. The van der Waals surface area contributed by atoms with Crippen molar-refractivity contribution < 1.29 is 66.2 Å². The third kappa shape index (κ3) is 2970. The van der Waals surface area contributed by atoms with E-state index in [9.17, 15) is 0 Å². The minimum atomic E-state index is -1.42. The van der Waals surface area contributed by atoms with E-state index in [-0.39, 0.29) is 99.6 Å². The smallest absolute Gasteiger partial charge is 1.00 e. The van der Waals surface area contributed by atoms with E-state index in [1.807, 2.05) is 0 Å². The normalized spacial score (nSPS) is 1.68. The zero-order valence-electron chi connectivity index (χ0n) is 15.4. The van der Waals surface area contributed by atoms with Gasteiger partial charge in [-0.25, -0.2) is 0 Å². The van der Waals surface area contributed by atoms with Crippen LogP contribution in [-0.2, 0) is 35.7 Å². The zero-order valence-corrected chi connectivity index (χ0v) is 17.6. The molecular weight excluding hydrogens is 377 g/mol. The molecular formula is H14Mg3O12Si4. The van der Waals surface area contributed by atoms with Gasteiger partial charge in [0.15, 0.2) is 0 Å². The van der Waals surface area contributed by atoms with Gasteiger partial charge < -0.3 is 30.5 Å². The Morgan fingerprint density at radius 2 is 0.368 bits per heavy atom. The minimum absolute atomic E-state index is 0. The standard InChI is InChI=1S/3Mg.4O2Si.4H2O.6H/c;;;4*1-3-2;;;;;;;;;;/h;;;;;;;4*1H2;;;;;;/q3*+2;;;;;;;;;6*-1. The number of hydrogen-bond donors (Lipinski definition) is 0. The largest absolute Gasteiger partial charge is 2.00 e. The maximum absolute atomic E-state index is 8.40. The number of rotatable bonds is 0. The topological polar surface area (TPSA) is 263 Å². The van der Waals surface area contributed by atoms with Crippen molar-refractivity contribution in [1.82, 2.24) is 0 Å². The van der Waals surface area contributed by atoms with Crippen LogP contribution < -0.4 is 0 Å². The third-order valence-electron chi connectivity index (χ3n) is 0. The Balaban J connectivity index is -0.00000000194. The molecule has 0 heterocycles. The van der Waals surface area contributed by atoms with Crippen molar-refractivity contribution in [2.24, 2.45) is 0 Å². The molecule has 8 N–H and O–H groups in total. The molecule has 0 radical (unpaired) electrons. The summed E-state index contributed by atoms with van der Waals surface area (Å²) in [4.78, 5) is 0. The predicted molar refractivity (Wildman–Crippen MR) is 66.9 cm³/mol. The molecule has 0 aromatic heterocycles. The quantitative estimate of drug-likeness (QED) is 0.357. The van der Waals surface area contributed by atoms with E-state index in [1.54, 1.807) is 0 Å². The molecule has 0 fully saturated rings. The van der Waals surface area contributed by atoms with Crippen molar-refractivity contribution in [1.29, 1.82) is 0 Å². The average Bonchev–Trinajstić information content (AvgIpc) is 1.92. The van der Waals surface area contributed by atoms with Gasteiger partial charge in [0.05, 0.1) is 0 Å². The Morgan fingerprint density at radius 1 is 0.368 bits per heavy atom. The van der Waals surface area contributed by atoms with Crippen molar-refractivity contribution in [2.45, 2.75) is 0 Å². The first kappa shape index (κ1) is 86.9. The van der Waals surface area contributed by atoms with E-state index < -0.39 is 37.2 Å². The van der Waals surface area contributed by atoms with E-state index in [1.165, 1.54) is 0 Å². The van der Waals surface area contributed by atoms with Crippen LogP contribution in [0.4, 0.5) is 0 Å². The van der Waals surface area contributed by atoms with Gasteiger partial charge in [0, 0.05) is 0 Å². The minimum Gasteiger partial charge on any atom is -1.00 e. The van der Waals surface area contributed by atoms with Crippen molar-refractivity contribution >= 4 is 106 Å². The summed E-state index contributed by atoms with van der Waals surface area (Å²) >= 11 is 0. The predicted octanol–water partition coefficient (Wildman–Crippen LogP) is -6.24. The number of hydrogen-bond acceptors (Lipinski definition) is 8. The van der Waals surface area contributed by atoms with Gasteiger partial charge in [-0.1, -0.05) is 0 Å². The summed E-state index contributed by atoms with van der Waals surface area (Å²) < 4.78 is 67.2. The monoisotopic (exact) mass is 390 g/mol. The van der Waals surface area contributed by atoms with Crippen LogP contribution in [0.1, 0.15) is 8.56 Å².